The first-order chi connectivity index (χ1) is 10.2. The average Bonchev–Trinajstić information content (AvgIpc) is 2.39. The molecule has 1 heterocycles. The fourth-order valence-electron chi connectivity index (χ4n) is 1.81. The van der Waals surface area contributed by atoms with Crippen molar-refractivity contribution in [3.05, 3.63) is 42.3 Å². The predicted molar refractivity (Wildman–Crippen MR) is 81.2 cm³/mol. The van der Waals surface area contributed by atoms with Crippen LogP contribution < -0.4 is 5.32 Å². The van der Waals surface area contributed by atoms with Gasteiger partial charge in [-0.1, -0.05) is 0 Å². The maximum absolute atomic E-state index is 13.3. The Morgan fingerprint density at radius 2 is 2.00 bits per heavy atom. The molecule has 0 unspecified atom stereocenters. The fourth-order valence-corrected chi connectivity index (χ4v) is 1.81. The van der Waals surface area contributed by atoms with Crippen LogP contribution in [0.4, 0.5) is 15.0 Å². The van der Waals surface area contributed by atoms with E-state index in [2.05, 4.69) is 10.3 Å². The van der Waals surface area contributed by atoms with Gasteiger partial charge in [-0.05, 0) is 56.7 Å². The fraction of sp³-hybridized carbons (Fsp3) is 0.250. The van der Waals surface area contributed by atoms with Crippen molar-refractivity contribution in [2.75, 3.05) is 5.32 Å². The number of nitrogens with one attached hydrogen (secondary N) is 1. The van der Waals surface area contributed by atoms with Gasteiger partial charge in [-0.15, -0.1) is 0 Å². The number of amides is 1. The van der Waals surface area contributed by atoms with E-state index in [-0.39, 0.29) is 11.6 Å². The standard InChI is InChI=1S/C16H17FN2O3/c1-16(2,3)22-15(21)19-14-8-10(6-7-18-14)12-9-11(17)4-5-13(12)20/h4-9,20H,1-3H3,(H,18,19,21). The average molecular weight is 304 g/mol. The molecule has 116 valence electrons. The molecular weight excluding hydrogens is 287 g/mol. The molecule has 2 aromatic rings. The molecule has 1 aromatic carbocycles. The molecule has 1 aromatic heterocycles. The van der Waals surface area contributed by atoms with Crippen LogP contribution in [0.25, 0.3) is 11.1 Å². The van der Waals surface area contributed by atoms with Gasteiger partial charge in [0.25, 0.3) is 0 Å². The normalized spacial score (nSPS) is 11.1. The second kappa shape index (κ2) is 6.01. The van der Waals surface area contributed by atoms with Gasteiger partial charge in [0, 0.05) is 11.8 Å². The van der Waals surface area contributed by atoms with E-state index >= 15 is 0 Å². The minimum atomic E-state index is -0.638. The Kier molecular flexibility index (Phi) is 4.30. The van der Waals surface area contributed by atoms with Gasteiger partial charge in [-0.2, -0.15) is 0 Å². The van der Waals surface area contributed by atoms with Crippen LogP contribution in [-0.2, 0) is 4.74 Å². The van der Waals surface area contributed by atoms with Crippen molar-refractivity contribution in [1.82, 2.24) is 4.98 Å². The van der Waals surface area contributed by atoms with E-state index in [4.69, 9.17) is 4.74 Å². The number of hydrogen-bond acceptors (Lipinski definition) is 4. The van der Waals surface area contributed by atoms with Gasteiger partial charge in [0.05, 0.1) is 0 Å². The molecule has 0 spiro atoms. The summed E-state index contributed by atoms with van der Waals surface area (Å²) in [5, 5.41) is 12.3. The van der Waals surface area contributed by atoms with E-state index in [1.807, 2.05) is 0 Å². The number of phenols is 1. The lowest BCUT2D eigenvalue weighted by molar-refractivity contribution is 0.0635. The van der Waals surface area contributed by atoms with E-state index in [1.165, 1.54) is 30.5 Å². The highest BCUT2D eigenvalue weighted by Crippen LogP contribution is 2.30. The van der Waals surface area contributed by atoms with Crippen LogP contribution in [0.5, 0.6) is 5.75 Å². The molecular formula is C16H17FN2O3. The lowest BCUT2D eigenvalue weighted by Gasteiger charge is -2.19. The third-order valence-corrected chi connectivity index (χ3v) is 2.66. The Bertz CT molecular complexity index is 696. The number of carbonyl (C=O) groups excluding carboxylic acids is 1. The summed E-state index contributed by atoms with van der Waals surface area (Å²) in [4.78, 5) is 15.7. The van der Waals surface area contributed by atoms with E-state index in [0.29, 0.717) is 11.1 Å². The lowest BCUT2D eigenvalue weighted by Crippen LogP contribution is -2.27. The number of phenolic OH excluding ortho intramolecular Hbond substituents is 1. The van der Waals surface area contributed by atoms with Crippen molar-refractivity contribution in [3.8, 4) is 16.9 Å². The Balaban J connectivity index is 2.24. The minimum Gasteiger partial charge on any atom is -0.507 e. The van der Waals surface area contributed by atoms with Crippen molar-refractivity contribution in [3.63, 3.8) is 0 Å². The maximum Gasteiger partial charge on any atom is 0.413 e. The highest BCUT2D eigenvalue weighted by atomic mass is 19.1. The van der Waals surface area contributed by atoms with Gasteiger partial charge in [0.2, 0.25) is 0 Å². The first-order valence-electron chi connectivity index (χ1n) is 6.69. The summed E-state index contributed by atoms with van der Waals surface area (Å²) >= 11 is 0. The first kappa shape index (κ1) is 15.8. The number of ether oxygens (including phenoxy) is 1. The number of benzene rings is 1. The van der Waals surface area contributed by atoms with Crippen molar-refractivity contribution in [1.29, 1.82) is 0 Å². The van der Waals surface area contributed by atoms with Crippen molar-refractivity contribution in [2.45, 2.75) is 26.4 Å². The number of carbonyl (C=O) groups is 1. The van der Waals surface area contributed by atoms with E-state index in [0.717, 1.165) is 0 Å². The molecule has 2 rings (SSSR count). The SMILES string of the molecule is CC(C)(C)OC(=O)Nc1cc(-c2cc(F)ccc2O)ccn1. The Hall–Kier alpha value is -2.63. The molecule has 2 N–H and O–H groups in total. The zero-order valence-electron chi connectivity index (χ0n) is 12.6. The number of aromatic nitrogens is 1. The number of nitrogens with zero attached hydrogens (tertiary/aromatic N) is 1. The first-order valence-corrected chi connectivity index (χ1v) is 6.69. The topological polar surface area (TPSA) is 71.5 Å². The third-order valence-electron chi connectivity index (χ3n) is 2.66. The number of aromatic hydroxyl groups is 1. The summed E-state index contributed by atoms with van der Waals surface area (Å²) in [7, 11) is 0. The highest BCUT2D eigenvalue weighted by molar-refractivity contribution is 5.85. The number of pyridine rings is 1. The summed E-state index contributed by atoms with van der Waals surface area (Å²) in [6.07, 6.45) is 0.812. The summed E-state index contributed by atoms with van der Waals surface area (Å²) in [6.45, 7) is 5.25. The van der Waals surface area contributed by atoms with Gasteiger partial charge in [-0.3, -0.25) is 5.32 Å². The molecule has 0 radical (unpaired) electrons. The largest absolute Gasteiger partial charge is 0.507 e. The van der Waals surface area contributed by atoms with Crippen molar-refractivity contribution >= 4 is 11.9 Å². The predicted octanol–water partition coefficient (Wildman–Crippen LogP) is 3.94. The highest BCUT2D eigenvalue weighted by Gasteiger charge is 2.17. The molecule has 22 heavy (non-hydrogen) atoms. The van der Waals surface area contributed by atoms with Gasteiger partial charge in [0.15, 0.2) is 0 Å². The Labute approximate surface area is 127 Å². The van der Waals surface area contributed by atoms with Gasteiger partial charge < -0.3 is 9.84 Å². The van der Waals surface area contributed by atoms with Crippen LogP contribution in [-0.4, -0.2) is 21.8 Å². The summed E-state index contributed by atoms with van der Waals surface area (Å²) in [6, 6.07) is 6.78. The zero-order valence-corrected chi connectivity index (χ0v) is 12.6. The Morgan fingerprint density at radius 3 is 2.68 bits per heavy atom. The summed E-state index contributed by atoms with van der Waals surface area (Å²) in [5.41, 5.74) is 0.218. The number of rotatable bonds is 2. The quantitative estimate of drug-likeness (QED) is 0.881. The number of anilines is 1. The maximum atomic E-state index is 13.3. The van der Waals surface area contributed by atoms with Crippen LogP contribution in [0.15, 0.2) is 36.5 Å². The van der Waals surface area contributed by atoms with E-state index in [9.17, 15) is 14.3 Å². The molecule has 0 bridgehead atoms. The second-order valence-corrected chi connectivity index (χ2v) is 5.72. The van der Waals surface area contributed by atoms with E-state index < -0.39 is 17.5 Å². The molecule has 6 heteroatoms. The minimum absolute atomic E-state index is 0.0594. The second-order valence-electron chi connectivity index (χ2n) is 5.72. The molecule has 0 aliphatic rings. The van der Waals surface area contributed by atoms with Crippen LogP contribution in [0.2, 0.25) is 0 Å². The molecule has 0 saturated carbocycles. The smallest absolute Gasteiger partial charge is 0.413 e. The van der Waals surface area contributed by atoms with Crippen LogP contribution in [0, 0.1) is 5.82 Å². The molecule has 0 aliphatic heterocycles. The van der Waals surface area contributed by atoms with E-state index in [1.54, 1.807) is 26.8 Å². The number of halogens is 1. The van der Waals surface area contributed by atoms with Gasteiger partial charge >= 0.3 is 6.09 Å². The monoisotopic (exact) mass is 304 g/mol. The summed E-state index contributed by atoms with van der Waals surface area (Å²) in [5.74, 6) is -0.280. The molecule has 0 aliphatic carbocycles. The molecule has 1 amide bonds. The molecule has 0 fully saturated rings. The van der Waals surface area contributed by atoms with Gasteiger partial charge in [-0.25, -0.2) is 14.2 Å². The summed E-state index contributed by atoms with van der Waals surface area (Å²) < 4.78 is 18.4. The Morgan fingerprint density at radius 1 is 1.27 bits per heavy atom. The van der Waals surface area contributed by atoms with Crippen LogP contribution >= 0.6 is 0 Å². The van der Waals surface area contributed by atoms with Gasteiger partial charge in [0.1, 0.15) is 23.0 Å². The van der Waals surface area contributed by atoms with Crippen molar-refractivity contribution < 1.29 is 19.0 Å². The third kappa shape index (κ3) is 4.18. The molecule has 5 nitrogen and oxygen atoms in total. The molecule has 0 saturated heterocycles. The lowest BCUT2D eigenvalue weighted by atomic mass is 10.1. The zero-order chi connectivity index (χ0) is 16.3. The van der Waals surface area contributed by atoms with Crippen molar-refractivity contribution in [2.24, 2.45) is 0 Å². The van der Waals surface area contributed by atoms with Crippen LogP contribution in [0.1, 0.15) is 20.8 Å². The van der Waals surface area contributed by atoms with Crippen LogP contribution in [0.3, 0.4) is 0 Å². The number of hydrogen-bond donors (Lipinski definition) is 2. The molecule has 0 atom stereocenters.